The maximum Gasteiger partial charge on any atom is 0.252 e. The summed E-state index contributed by atoms with van der Waals surface area (Å²) in [4.78, 5) is 31.6. The summed E-state index contributed by atoms with van der Waals surface area (Å²) in [6.45, 7) is 3.63. The molecule has 0 spiro atoms. The van der Waals surface area contributed by atoms with Crippen LogP contribution >= 0.6 is 11.6 Å². The number of carbonyl (C=O) groups is 2. The van der Waals surface area contributed by atoms with Gasteiger partial charge in [0.15, 0.2) is 0 Å². The fourth-order valence-electron chi connectivity index (χ4n) is 3.46. The van der Waals surface area contributed by atoms with Crippen LogP contribution in [0.25, 0.3) is 11.0 Å². The van der Waals surface area contributed by atoms with Crippen molar-refractivity contribution >= 4 is 34.4 Å². The molecule has 2 amide bonds. The Hall–Kier alpha value is -2.86. The number of nitrogens with zero attached hydrogens (tertiary/aromatic N) is 3. The number of benzene rings is 2. The standard InChI is InChI=1S/C24H29ClN4O2/c1-3-4-16-28(2)23(30)17-29-21-13-8-7-12-20(21)27-22(29)14-9-15-26-24(31)18-10-5-6-11-19(18)25/h5-8,10-13H,3-4,9,14-17H2,1-2H3,(H,26,31). The second-order valence-electron chi connectivity index (χ2n) is 7.61. The third-order valence-corrected chi connectivity index (χ3v) is 5.61. The van der Waals surface area contributed by atoms with Crippen molar-refractivity contribution in [1.82, 2.24) is 19.8 Å². The van der Waals surface area contributed by atoms with E-state index >= 15 is 0 Å². The molecule has 1 aromatic heterocycles. The van der Waals surface area contributed by atoms with Crippen molar-refractivity contribution in [2.75, 3.05) is 20.1 Å². The molecule has 6 nitrogen and oxygen atoms in total. The van der Waals surface area contributed by atoms with Crippen LogP contribution in [-0.2, 0) is 17.8 Å². The molecule has 1 heterocycles. The van der Waals surface area contributed by atoms with E-state index in [2.05, 4.69) is 12.2 Å². The molecule has 0 aliphatic carbocycles. The molecule has 0 saturated carbocycles. The van der Waals surface area contributed by atoms with Crippen LogP contribution in [0.3, 0.4) is 0 Å². The molecule has 0 fully saturated rings. The van der Waals surface area contributed by atoms with Crippen molar-refractivity contribution in [3.63, 3.8) is 0 Å². The fourth-order valence-corrected chi connectivity index (χ4v) is 3.68. The molecule has 164 valence electrons. The molecular formula is C24H29ClN4O2. The molecule has 7 heteroatoms. The predicted molar refractivity (Wildman–Crippen MR) is 124 cm³/mol. The first-order valence-corrected chi connectivity index (χ1v) is 11.1. The minimum absolute atomic E-state index is 0.0740. The SMILES string of the molecule is CCCCN(C)C(=O)Cn1c(CCCNC(=O)c2ccccc2Cl)nc2ccccc21. The summed E-state index contributed by atoms with van der Waals surface area (Å²) in [7, 11) is 1.85. The number of imidazole rings is 1. The quantitative estimate of drug-likeness (QED) is 0.477. The van der Waals surface area contributed by atoms with Gasteiger partial charge < -0.3 is 14.8 Å². The van der Waals surface area contributed by atoms with Crippen LogP contribution in [-0.4, -0.2) is 46.4 Å². The maximum absolute atomic E-state index is 12.7. The number of fused-ring (bicyclic) bond motifs is 1. The lowest BCUT2D eigenvalue weighted by atomic mass is 10.2. The van der Waals surface area contributed by atoms with Gasteiger partial charge in [-0.05, 0) is 37.1 Å². The first-order valence-electron chi connectivity index (χ1n) is 10.7. The topological polar surface area (TPSA) is 67.2 Å². The summed E-state index contributed by atoms with van der Waals surface area (Å²) in [5.74, 6) is 0.738. The third kappa shape index (κ3) is 5.85. The summed E-state index contributed by atoms with van der Waals surface area (Å²) < 4.78 is 2.00. The van der Waals surface area contributed by atoms with Gasteiger partial charge in [0.05, 0.1) is 21.6 Å². The largest absolute Gasteiger partial charge is 0.352 e. The molecule has 3 aromatic rings. The first kappa shape index (κ1) is 22.8. The first-order chi connectivity index (χ1) is 15.0. The fraction of sp³-hybridized carbons (Fsp3) is 0.375. The summed E-state index contributed by atoms with van der Waals surface area (Å²) in [6.07, 6.45) is 3.41. The average Bonchev–Trinajstić information content (AvgIpc) is 3.12. The van der Waals surface area contributed by atoms with Crippen LogP contribution in [0, 0.1) is 0 Å². The molecule has 0 saturated heterocycles. The number of rotatable bonds is 10. The van der Waals surface area contributed by atoms with Gasteiger partial charge in [0.1, 0.15) is 12.4 Å². The smallest absolute Gasteiger partial charge is 0.252 e. The van der Waals surface area contributed by atoms with Crippen molar-refractivity contribution in [2.45, 2.75) is 39.2 Å². The monoisotopic (exact) mass is 440 g/mol. The van der Waals surface area contributed by atoms with Gasteiger partial charge in [0.2, 0.25) is 5.91 Å². The lowest BCUT2D eigenvalue weighted by Gasteiger charge is -2.18. The number of hydrogen-bond acceptors (Lipinski definition) is 3. The normalized spacial score (nSPS) is 10.9. The number of halogens is 1. The third-order valence-electron chi connectivity index (χ3n) is 5.28. The number of aromatic nitrogens is 2. The van der Waals surface area contributed by atoms with Gasteiger partial charge in [-0.2, -0.15) is 0 Å². The molecule has 31 heavy (non-hydrogen) atoms. The molecule has 0 unspecified atom stereocenters. The lowest BCUT2D eigenvalue weighted by Crippen LogP contribution is -2.31. The van der Waals surface area contributed by atoms with Crippen LogP contribution in [0.4, 0.5) is 0 Å². The van der Waals surface area contributed by atoms with Crippen LogP contribution in [0.2, 0.25) is 5.02 Å². The van der Waals surface area contributed by atoms with Gasteiger partial charge in [-0.25, -0.2) is 4.98 Å². The van der Waals surface area contributed by atoms with Gasteiger partial charge in [-0.1, -0.05) is 49.2 Å². The molecule has 0 aliphatic rings. The van der Waals surface area contributed by atoms with E-state index in [0.717, 1.165) is 36.2 Å². The Morgan fingerprint density at radius 3 is 2.61 bits per heavy atom. The molecule has 3 rings (SSSR count). The van der Waals surface area contributed by atoms with E-state index in [0.29, 0.717) is 30.0 Å². The van der Waals surface area contributed by atoms with Crippen molar-refractivity contribution in [3.05, 3.63) is 64.9 Å². The van der Waals surface area contributed by atoms with Gasteiger partial charge in [0, 0.05) is 26.6 Å². The summed E-state index contributed by atoms with van der Waals surface area (Å²) in [5.41, 5.74) is 2.30. The molecule has 0 atom stereocenters. The molecule has 1 N–H and O–H groups in total. The van der Waals surface area contributed by atoms with Gasteiger partial charge in [0.25, 0.3) is 5.91 Å². The summed E-state index contributed by atoms with van der Waals surface area (Å²) >= 11 is 6.09. The number of likely N-dealkylation sites (N-methyl/N-ethyl adjacent to an activating group) is 1. The van der Waals surface area contributed by atoms with E-state index in [1.54, 1.807) is 29.2 Å². The highest BCUT2D eigenvalue weighted by Gasteiger charge is 2.16. The minimum Gasteiger partial charge on any atom is -0.352 e. The summed E-state index contributed by atoms with van der Waals surface area (Å²) in [6, 6.07) is 14.8. The van der Waals surface area contributed by atoms with Gasteiger partial charge >= 0.3 is 0 Å². The molecule has 2 aromatic carbocycles. The number of para-hydroxylation sites is 2. The number of carbonyl (C=O) groups excluding carboxylic acids is 2. The Balaban J connectivity index is 1.65. The second kappa shape index (κ2) is 11.0. The predicted octanol–water partition coefficient (Wildman–Crippen LogP) is 4.31. The van der Waals surface area contributed by atoms with Crippen LogP contribution < -0.4 is 5.32 Å². The van der Waals surface area contributed by atoms with Crippen molar-refractivity contribution in [1.29, 1.82) is 0 Å². The van der Waals surface area contributed by atoms with Crippen molar-refractivity contribution in [2.24, 2.45) is 0 Å². The maximum atomic E-state index is 12.7. The Bertz CT molecular complexity index is 1050. The Morgan fingerprint density at radius 1 is 1.10 bits per heavy atom. The van der Waals surface area contributed by atoms with Gasteiger partial charge in [-0.3, -0.25) is 9.59 Å². The highest BCUT2D eigenvalue weighted by Crippen LogP contribution is 2.18. The zero-order valence-electron chi connectivity index (χ0n) is 18.1. The number of nitrogens with one attached hydrogen (secondary N) is 1. The van der Waals surface area contributed by atoms with E-state index < -0.39 is 0 Å². The van der Waals surface area contributed by atoms with E-state index in [1.807, 2.05) is 35.9 Å². The van der Waals surface area contributed by atoms with E-state index in [1.165, 1.54) is 0 Å². The zero-order chi connectivity index (χ0) is 22.2. The van der Waals surface area contributed by atoms with Crippen LogP contribution in [0.5, 0.6) is 0 Å². The molecule has 0 aliphatic heterocycles. The highest BCUT2D eigenvalue weighted by molar-refractivity contribution is 6.33. The van der Waals surface area contributed by atoms with Gasteiger partial charge in [-0.15, -0.1) is 0 Å². The van der Waals surface area contributed by atoms with Crippen molar-refractivity contribution in [3.8, 4) is 0 Å². The van der Waals surface area contributed by atoms with Crippen LogP contribution in [0.15, 0.2) is 48.5 Å². The number of hydrogen-bond donors (Lipinski definition) is 1. The van der Waals surface area contributed by atoms with E-state index in [-0.39, 0.29) is 18.4 Å². The zero-order valence-corrected chi connectivity index (χ0v) is 18.9. The average molecular weight is 441 g/mol. The Labute approximate surface area is 188 Å². The number of unbranched alkanes of at least 4 members (excludes halogenated alkanes) is 1. The van der Waals surface area contributed by atoms with E-state index in [9.17, 15) is 9.59 Å². The lowest BCUT2D eigenvalue weighted by molar-refractivity contribution is -0.130. The molecule has 0 radical (unpaired) electrons. The highest BCUT2D eigenvalue weighted by atomic mass is 35.5. The molecular weight excluding hydrogens is 412 g/mol. The molecule has 0 bridgehead atoms. The minimum atomic E-state index is -0.188. The van der Waals surface area contributed by atoms with Crippen LogP contribution in [0.1, 0.15) is 42.4 Å². The van der Waals surface area contributed by atoms with Crippen molar-refractivity contribution < 1.29 is 9.59 Å². The second-order valence-corrected chi connectivity index (χ2v) is 8.02. The number of amides is 2. The summed E-state index contributed by atoms with van der Waals surface area (Å²) in [5, 5.41) is 3.35. The Morgan fingerprint density at radius 2 is 1.84 bits per heavy atom. The van der Waals surface area contributed by atoms with E-state index in [4.69, 9.17) is 16.6 Å². The number of aryl methyl sites for hydroxylation is 1. The Kier molecular flexibility index (Phi) is 8.06.